The molecule has 54 valence electrons. The van der Waals surface area contributed by atoms with Gasteiger partial charge in [0.2, 0.25) is 0 Å². The van der Waals surface area contributed by atoms with Gasteiger partial charge in [-0.2, -0.15) is 0 Å². The van der Waals surface area contributed by atoms with E-state index < -0.39 is 0 Å². The lowest BCUT2D eigenvalue weighted by molar-refractivity contribution is 0.516. The first-order chi connectivity index (χ1) is 3.80. The SMILES string of the molecule is Cl.N[C@@H]1CC=CC[C@@H]1N. The minimum absolute atomic E-state index is 0. The van der Waals surface area contributed by atoms with Crippen LogP contribution in [0.5, 0.6) is 0 Å². The Bertz CT molecular complexity index is 91.2. The molecule has 3 heteroatoms. The van der Waals surface area contributed by atoms with Crippen molar-refractivity contribution >= 4 is 12.4 Å². The first-order valence-corrected chi connectivity index (χ1v) is 2.97. The molecule has 2 nitrogen and oxygen atoms in total. The molecule has 1 aliphatic carbocycles. The quantitative estimate of drug-likeness (QED) is 0.489. The molecule has 0 amide bonds. The summed E-state index contributed by atoms with van der Waals surface area (Å²) in [5, 5.41) is 0. The van der Waals surface area contributed by atoms with E-state index in [1.54, 1.807) is 0 Å². The van der Waals surface area contributed by atoms with Gasteiger partial charge in [-0.15, -0.1) is 12.4 Å². The molecular weight excluding hydrogens is 136 g/mol. The number of rotatable bonds is 0. The summed E-state index contributed by atoms with van der Waals surface area (Å²) in [5.74, 6) is 0. The Morgan fingerprint density at radius 1 is 1.00 bits per heavy atom. The van der Waals surface area contributed by atoms with Gasteiger partial charge in [0.15, 0.2) is 0 Å². The molecule has 0 aromatic rings. The fourth-order valence-electron chi connectivity index (χ4n) is 0.856. The summed E-state index contributed by atoms with van der Waals surface area (Å²) in [6, 6.07) is 0.389. The summed E-state index contributed by atoms with van der Waals surface area (Å²) in [5.41, 5.74) is 11.2. The van der Waals surface area contributed by atoms with Crippen LogP contribution < -0.4 is 11.5 Å². The molecule has 1 aliphatic rings. The Morgan fingerprint density at radius 3 is 1.56 bits per heavy atom. The van der Waals surface area contributed by atoms with E-state index in [1.165, 1.54) is 0 Å². The van der Waals surface area contributed by atoms with Gasteiger partial charge in [0.05, 0.1) is 0 Å². The molecule has 0 saturated carbocycles. The van der Waals surface area contributed by atoms with Crippen molar-refractivity contribution < 1.29 is 0 Å². The largest absolute Gasteiger partial charge is 0.326 e. The van der Waals surface area contributed by atoms with E-state index in [0.717, 1.165) is 12.8 Å². The summed E-state index contributed by atoms with van der Waals surface area (Å²) in [6.45, 7) is 0. The zero-order valence-electron chi connectivity index (χ0n) is 5.29. The van der Waals surface area contributed by atoms with Gasteiger partial charge < -0.3 is 11.5 Å². The third kappa shape index (κ3) is 2.35. The van der Waals surface area contributed by atoms with E-state index in [1.807, 2.05) is 0 Å². The Kier molecular flexibility index (Phi) is 3.86. The van der Waals surface area contributed by atoms with Crippen molar-refractivity contribution in [1.82, 2.24) is 0 Å². The molecule has 0 aromatic carbocycles. The van der Waals surface area contributed by atoms with Gasteiger partial charge in [-0.05, 0) is 12.8 Å². The number of hydrogen-bond acceptors (Lipinski definition) is 2. The van der Waals surface area contributed by atoms with Crippen molar-refractivity contribution in [3.8, 4) is 0 Å². The van der Waals surface area contributed by atoms with Crippen LogP contribution in [0.4, 0.5) is 0 Å². The zero-order chi connectivity index (χ0) is 5.98. The van der Waals surface area contributed by atoms with Crippen LogP contribution in [-0.2, 0) is 0 Å². The summed E-state index contributed by atoms with van der Waals surface area (Å²) in [4.78, 5) is 0. The molecule has 0 saturated heterocycles. The minimum Gasteiger partial charge on any atom is -0.326 e. The molecule has 1 rings (SSSR count). The van der Waals surface area contributed by atoms with E-state index in [0.29, 0.717) is 0 Å². The van der Waals surface area contributed by atoms with Crippen LogP contribution in [0, 0.1) is 0 Å². The highest BCUT2D eigenvalue weighted by molar-refractivity contribution is 5.85. The normalized spacial score (nSPS) is 33.6. The highest BCUT2D eigenvalue weighted by Crippen LogP contribution is 2.06. The second-order valence-electron chi connectivity index (χ2n) is 2.27. The minimum atomic E-state index is 0. The Balaban J connectivity index is 0.000000640. The van der Waals surface area contributed by atoms with Crippen LogP contribution >= 0.6 is 12.4 Å². The molecule has 0 radical (unpaired) electrons. The van der Waals surface area contributed by atoms with Gasteiger partial charge in [0.25, 0.3) is 0 Å². The van der Waals surface area contributed by atoms with E-state index in [9.17, 15) is 0 Å². The molecule has 0 bridgehead atoms. The Labute approximate surface area is 61.7 Å². The maximum atomic E-state index is 5.60. The highest BCUT2D eigenvalue weighted by Gasteiger charge is 2.12. The van der Waals surface area contributed by atoms with E-state index in [4.69, 9.17) is 11.5 Å². The molecule has 0 aliphatic heterocycles. The van der Waals surface area contributed by atoms with Gasteiger partial charge in [0.1, 0.15) is 0 Å². The third-order valence-corrected chi connectivity index (χ3v) is 1.53. The predicted molar refractivity (Wildman–Crippen MR) is 41.6 cm³/mol. The van der Waals surface area contributed by atoms with Crippen LogP contribution in [0.25, 0.3) is 0 Å². The van der Waals surface area contributed by atoms with Crippen molar-refractivity contribution in [3.05, 3.63) is 12.2 Å². The van der Waals surface area contributed by atoms with Gasteiger partial charge in [-0.3, -0.25) is 0 Å². The van der Waals surface area contributed by atoms with Crippen LogP contribution in [0.1, 0.15) is 12.8 Å². The van der Waals surface area contributed by atoms with Crippen LogP contribution in [-0.4, -0.2) is 12.1 Å². The lowest BCUT2D eigenvalue weighted by atomic mass is 9.98. The lowest BCUT2D eigenvalue weighted by Crippen LogP contribution is -2.41. The summed E-state index contributed by atoms with van der Waals surface area (Å²) < 4.78 is 0. The Morgan fingerprint density at radius 2 is 1.33 bits per heavy atom. The molecule has 4 N–H and O–H groups in total. The van der Waals surface area contributed by atoms with Gasteiger partial charge >= 0.3 is 0 Å². The second kappa shape index (κ2) is 3.88. The third-order valence-electron chi connectivity index (χ3n) is 1.53. The second-order valence-corrected chi connectivity index (χ2v) is 2.27. The molecule has 0 fully saturated rings. The van der Waals surface area contributed by atoms with Crippen molar-refractivity contribution in [3.63, 3.8) is 0 Å². The average Bonchev–Trinajstić information content (AvgIpc) is 1.77. The van der Waals surface area contributed by atoms with E-state index in [2.05, 4.69) is 12.2 Å². The molecule has 9 heavy (non-hydrogen) atoms. The van der Waals surface area contributed by atoms with Crippen LogP contribution in [0.3, 0.4) is 0 Å². The van der Waals surface area contributed by atoms with E-state index in [-0.39, 0.29) is 24.5 Å². The molecule has 0 aromatic heterocycles. The average molecular weight is 149 g/mol. The Hall–Kier alpha value is -0.0500. The van der Waals surface area contributed by atoms with Gasteiger partial charge in [-0.1, -0.05) is 12.2 Å². The van der Waals surface area contributed by atoms with Gasteiger partial charge in [-0.25, -0.2) is 0 Å². The van der Waals surface area contributed by atoms with Crippen molar-refractivity contribution in [2.45, 2.75) is 24.9 Å². The zero-order valence-corrected chi connectivity index (χ0v) is 6.10. The maximum Gasteiger partial charge on any atom is 0.0230 e. The predicted octanol–water partition coefficient (Wildman–Crippen LogP) is 0.413. The molecular formula is C6H13ClN2. The standard InChI is InChI=1S/C6H12N2.ClH/c7-5-3-1-2-4-6(5)8;/h1-2,5-6H,3-4,7-8H2;1H/t5-,6+;. The highest BCUT2D eigenvalue weighted by atomic mass is 35.5. The van der Waals surface area contributed by atoms with Crippen LogP contribution in [0.2, 0.25) is 0 Å². The molecule has 0 unspecified atom stereocenters. The maximum absolute atomic E-state index is 5.60. The van der Waals surface area contributed by atoms with E-state index >= 15 is 0 Å². The smallest absolute Gasteiger partial charge is 0.0230 e. The molecule has 2 atom stereocenters. The first kappa shape index (κ1) is 8.95. The first-order valence-electron chi connectivity index (χ1n) is 2.97. The summed E-state index contributed by atoms with van der Waals surface area (Å²) in [6.07, 6.45) is 6.07. The fourth-order valence-corrected chi connectivity index (χ4v) is 0.856. The fraction of sp³-hybridized carbons (Fsp3) is 0.667. The van der Waals surface area contributed by atoms with Crippen molar-refractivity contribution in [2.24, 2.45) is 11.5 Å². The number of halogens is 1. The number of nitrogens with two attached hydrogens (primary N) is 2. The van der Waals surface area contributed by atoms with Crippen LogP contribution in [0.15, 0.2) is 12.2 Å². The molecule has 0 heterocycles. The lowest BCUT2D eigenvalue weighted by Gasteiger charge is -2.19. The monoisotopic (exact) mass is 148 g/mol. The number of hydrogen-bond donors (Lipinski definition) is 2. The topological polar surface area (TPSA) is 52.0 Å². The summed E-state index contributed by atoms with van der Waals surface area (Å²) in [7, 11) is 0. The molecule has 0 spiro atoms. The van der Waals surface area contributed by atoms with Crippen molar-refractivity contribution in [2.75, 3.05) is 0 Å². The summed E-state index contributed by atoms with van der Waals surface area (Å²) >= 11 is 0. The van der Waals surface area contributed by atoms with Gasteiger partial charge in [0, 0.05) is 12.1 Å². The van der Waals surface area contributed by atoms with Crippen molar-refractivity contribution in [1.29, 1.82) is 0 Å².